The van der Waals surface area contributed by atoms with Gasteiger partial charge in [-0.3, -0.25) is 9.59 Å². The molecule has 0 saturated heterocycles. The number of unbranched alkanes of at least 4 members (excludes halogenated alkanes) is 1. The minimum absolute atomic E-state index is 0.0972. The second-order valence-electron chi connectivity index (χ2n) is 6.38. The normalized spacial score (nSPS) is 10.2. The van der Waals surface area contributed by atoms with Crippen LogP contribution in [0.15, 0.2) is 48.5 Å². The Balaban J connectivity index is 1.94. The van der Waals surface area contributed by atoms with Gasteiger partial charge in [0.15, 0.2) is 0 Å². The average Bonchev–Trinajstić information content (AvgIpc) is 2.67. The molecule has 27 heavy (non-hydrogen) atoms. The molecule has 0 aromatic heterocycles. The molecular weight excluding hydrogens is 342 g/mol. The largest absolute Gasteiger partial charge is 0.491 e. The number of carbonyl (C=O) groups is 2. The van der Waals surface area contributed by atoms with Crippen molar-refractivity contribution in [3.05, 3.63) is 54.1 Å². The second kappa shape index (κ2) is 10.2. The standard InChI is InChI=1S/C21H27N3O3/c1-4-5-13-27-19-12-7-6-11-18(19)22-15-20(25)23-17-10-8-9-16(14-17)21(26)24(2)3/h6-12,14,22H,4-5,13,15H2,1-3H3,(H,23,25). The minimum atomic E-state index is -0.201. The fraction of sp³-hybridized carbons (Fsp3) is 0.333. The van der Waals surface area contributed by atoms with Gasteiger partial charge in [0.2, 0.25) is 5.91 Å². The molecule has 2 aromatic rings. The summed E-state index contributed by atoms with van der Waals surface area (Å²) in [6, 6.07) is 14.4. The molecule has 144 valence electrons. The quantitative estimate of drug-likeness (QED) is 0.663. The van der Waals surface area contributed by atoms with E-state index in [-0.39, 0.29) is 18.4 Å². The van der Waals surface area contributed by atoms with Gasteiger partial charge in [0.25, 0.3) is 5.91 Å². The molecule has 0 atom stereocenters. The van der Waals surface area contributed by atoms with Gasteiger partial charge in [-0.1, -0.05) is 31.5 Å². The first-order valence-electron chi connectivity index (χ1n) is 9.08. The number of para-hydroxylation sites is 2. The number of hydrogen-bond acceptors (Lipinski definition) is 4. The number of hydrogen-bond donors (Lipinski definition) is 2. The lowest BCUT2D eigenvalue weighted by Gasteiger charge is -2.14. The van der Waals surface area contributed by atoms with E-state index in [9.17, 15) is 9.59 Å². The Morgan fingerprint density at radius 1 is 1.07 bits per heavy atom. The third-order valence-corrected chi connectivity index (χ3v) is 3.88. The van der Waals surface area contributed by atoms with Crippen molar-refractivity contribution in [2.45, 2.75) is 19.8 Å². The summed E-state index contributed by atoms with van der Waals surface area (Å²) in [5.74, 6) is 0.424. The Labute approximate surface area is 160 Å². The molecule has 2 N–H and O–H groups in total. The lowest BCUT2D eigenvalue weighted by atomic mass is 10.2. The lowest BCUT2D eigenvalue weighted by molar-refractivity contribution is -0.114. The summed E-state index contributed by atoms with van der Waals surface area (Å²) in [6.45, 7) is 2.85. The Morgan fingerprint density at radius 3 is 2.59 bits per heavy atom. The van der Waals surface area contributed by atoms with Crippen LogP contribution in [-0.4, -0.2) is 44.0 Å². The smallest absolute Gasteiger partial charge is 0.253 e. The molecule has 0 unspecified atom stereocenters. The molecule has 2 rings (SSSR count). The van der Waals surface area contributed by atoms with Crippen LogP contribution in [0.1, 0.15) is 30.1 Å². The first-order valence-corrected chi connectivity index (χ1v) is 9.08. The van der Waals surface area contributed by atoms with E-state index < -0.39 is 0 Å². The zero-order valence-corrected chi connectivity index (χ0v) is 16.1. The maximum Gasteiger partial charge on any atom is 0.253 e. The van der Waals surface area contributed by atoms with Crippen LogP contribution in [0.3, 0.4) is 0 Å². The lowest BCUT2D eigenvalue weighted by Crippen LogP contribution is -2.23. The number of nitrogens with one attached hydrogen (secondary N) is 2. The van der Waals surface area contributed by atoms with Crippen LogP contribution in [0.25, 0.3) is 0 Å². The minimum Gasteiger partial charge on any atom is -0.491 e. The monoisotopic (exact) mass is 369 g/mol. The average molecular weight is 369 g/mol. The van der Waals surface area contributed by atoms with Crippen molar-refractivity contribution in [2.24, 2.45) is 0 Å². The molecular formula is C21H27N3O3. The van der Waals surface area contributed by atoms with Gasteiger partial charge in [-0.2, -0.15) is 0 Å². The Hall–Kier alpha value is -3.02. The van der Waals surface area contributed by atoms with Crippen molar-refractivity contribution in [1.82, 2.24) is 4.90 Å². The van der Waals surface area contributed by atoms with E-state index >= 15 is 0 Å². The zero-order valence-electron chi connectivity index (χ0n) is 16.1. The van der Waals surface area contributed by atoms with Gasteiger partial charge in [0.1, 0.15) is 5.75 Å². The van der Waals surface area contributed by atoms with E-state index in [4.69, 9.17) is 4.74 Å². The van der Waals surface area contributed by atoms with Crippen molar-refractivity contribution in [3.8, 4) is 5.75 Å². The van der Waals surface area contributed by atoms with E-state index in [1.807, 2.05) is 24.3 Å². The second-order valence-corrected chi connectivity index (χ2v) is 6.38. The molecule has 2 aromatic carbocycles. The van der Waals surface area contributed by atoms with Gasteiger partial charge in [0, 0.05) is 25.3 Å². The third-order valence-electron chi connectivity index (χ3n) is 3.88. The molecule has 0 fully saturated rings. The number of carbonyl (C=O) groups excluding carboxylic acids is 2. The van der Waals surface area contributed by atoms with E-state index in [0.717, 1.165) is 24.3 Å². The third kappa shape index (κ3) is 6.33. The van der Waals surface area contributed by atoms with Gasteiger partial charge in [0.05, 0.1) is 18.8 Å². The highest BCUT2D eigenvalue weighted by Crippen LogP contribution is 2.23. The van der Waals surface area contributed by atoms with Gasteiger partial charge < -0.3 is 20.3 Å². The molecule has 0 aliphatic carbocycles. The predicted molar refractivity (Wildman–Crippen MR) is 108 cm³/mol. The Bertz CT molecular complexity index is 775. The summed E-state index contributed by atoms with van der Waals surface area (Å²) in [5, 5.41) is 5.91. The molecule has 0 heterocycles. The summed E-state index contributed by atoms with van der Waals surface area (Å²) in [6.07, 6.45) is 2.05. The fourth-order valence-corrected chi connectivity index (χ4v) is 2.43. The summed E-state index contributed by atoms with van der Waals surface area (Å²) in [4.78, 5) is 25.8. The maximum atomic E-state index is 12.3. The van der Waals surface area contributed by atoms with E-state index in [0.29, 0.717) is 17.9 Å². The van der Waals surface area contributed by atoms with Crippen molar-refractivity contribution in [3.63, 3.8) is 0 Å². The summed E-state index contributed by atoms with van der Waals surface area (Å²) < 4.78 is 5.76. The maximum absolute atomic E-state index is 12.3. The van der Waals surface area contributed by atoms with Gasteiger partial charge in [-0.15, -0.1) is 0 Å². The molecule has 6 heteroatoms. The highest BCUT2D eigenvalue weighted by atomic mass is 16.5. The summed E-state index contributed by atoms with van der Waals surface area (Å²) in [7, 11) is 3.38. The Kier molecular flexibility index (Phi) is 7.67. The molecule has 0 bridgehead atoms. The van der Waals surface area contributed by atoms with E-state index in [2.05, 4.69) is 17.6 Å². The first-order chi connectivity index (χ1) is 13.0. The first kappa shape index (κ1) is 20.3. The van der Waals surface area contributed by atoms with Gasteiger partial charge in [-0.25, -0.2) is 0 Å². The molecule has 0 aliphatic heterocycles. The number of rotatable bonds is 9. The van der Waals surface area contributed by atoms with Crippen molar-refractivity contribution >= 4 is 23.2 Å². The Morgan fingerprint density at radius 2 is 1.85 bits per heavy atom. The van der Waals surface area contributed by atoms with Crippen LogP contribution in [0.4, 0.5) is 11.4 Å². The molecule has 0 spiro atoms. The van der Waals surface area contributed by atoms with Crippen molar-refractivity contribution < 1.29 is 14.3 Å². The van der Waals surface area contributed by atoms with Crippen LogP contribution in [0.2, 0.25) is 0 Å². The SMILES string of the molecule is CCCCOc1ccccc1NCC(=O)Nc1cccc(C(=O)N(C)C)c1. The summed E-state index contributed by atoms with van der Waals surface area (Å²) >= 11 is 0. The predicted octanol–water partition coefficient (Wildman–Crippen LogP) is 3.62. The highest BCUT2D eigenvalue weighted by Gasteiger charge is 2.10. The number of ether oxygens (including phenoxy) is 1. The van der Waals surface area contributed by atoms with Crippen LogP contribution in [0, 0.1) is 0 Å². The molecule has 2 amide bonds. The van der Waals surface area contributed by atoms with Crippen LogP contribution >= 0.6 is 0 Å². The number of amides is 2. The fourth-order valence-electron chi connectivity index (χ4n) is 2.43. The highest BCUT2D eigenvalue weighted by molar-refractivity contribution is 5.98. The number of anilines is 2. The van der Waals surface area contributed by atoms with Crippen molar-refractivity contribution in [1.29, 1.82) is 0 Å². The van der Waals surface area contributed by atoms with Crippen LogP contribution in [-0.2, 0) is 4.79 Å². The molecule has 0 aliphatic rings. The summed E-state index contributed by atoms with van der Waals surface area (Å²) in [5.41, 5.74) is 1.89. The van der Waals surface area contributed by atoms with E-state index in [1.165, 1.54) is 4.90 Å². The van der Waals surface area contributed by atoms with Gasteiger partial charge in [-0.05, 0) is 36.8 Å². The topological polar surface area (TPSA) is 70.7 Å². The molecule has 0 saturated carbocycles. The number of benzene rings is 2. The van der Waals surface area contributed by atoms with Crippen molar-refractivity contribution in [2.75, 3.05) is 37.9 Å². The van der Waals surface area contributed by atoms with Crippen LogP contribution in [0.5, 0.6) is 5.75 Å². The zero-order chi connectivity index (χ0) is 19.6. The molecule has 6 nitrogen and oxygen atoms in total. The van der Waals surface area contributed by atoms with Gasteiger partial charge >= 0.3 is 0 Å². The number of nitrogens with zero attached hydrogens (tertiary/aromatic N) is 1. The molecule has 0 radical (unpaired) electrons. The van der Waals surface area contributed by atoms with Crippen LogP contribution < -0.4 is 15.4 Å². The van der Waals surface area contributed by atoms with E-state index in [1.54, 1.807) is 38.4 Å².